The van der Waals surface area contributed by atoms with Crippen LogP contribution in [0.25, 0.3) is 10.2 Å². The zero-order chi connectivity index (χ0) is 17.2. The number of aryl methyl sites for hydroxylation is 1. The lowest BCUT2D eigenvalue weighted by atomic mass is 10.2. The van der Waals surface area contributed by atoms with E-state index in [9.17, 15) is 8.42 Å². The van der Waals surface area contributed by atoms with Gasteiger partial charge in [0.15, 0.2) is 0 Å². The Morgan fingerprint density at radius 2 is 1.96 bits per heavy atom. The van der Waals surface area contributed by atoms with E-state index in [1.165, 1.54) is 16.9 Å². The van der Waals surface area contributed by atoms with Gasteiger partial charge in [-0.2, -0.15) is 8.42 Å². The number of hydrogen-bond acceptors (Lipinski definition) is 3. The van der Waals surface area contributed by atoms with E-state index in [0.717, 1.165) is 16.6 Å². The molecule has 0 saturated carbocycles. The molecule has 124 valence electrons. The molecule has 0 aliphatic carbocycles. The highest BCUT2D eigenvalue weighted by atomic mass is 32.2. The van der Waals surface area contributed by atoms with Crippen LogP contribution in [0.1, 0.15) is 12.5 Å². The van der Waals surface area contributed by atoms with Gasteiger partial charge >= 0.3 is 0 Å². The largest absolute Gasteiger partial charge is 0.312 e. The first-order valence-electron chi connectivity index (χ1n) is 7.64. The summed E-state index contributed by atoms with van der Waals surface area (Å²) in [5.41, 5.74) is 2.19. The van der Waals surface area contributed by atoms with E-state index in [4.69, 9.17) is 0 Å². The monoisotopic (exact) mass is 358 g/mol. The van der Waals surface area contributed by atoms with E-state index in [2.05, 4.69) is 30.0 Å². The minimum Gasteiger partial charge on any atom is -0.312 e. The molecule has 6 heteroatoms. The third-order valence-electron chi connectivity index (χ3n) is 3.71. The summed E-state index contributed by atoms with van der Waals surface area (Å²) in [6, 6.07) is 14.4. The summed E-state index contributed by atoms with van der Waals surface area (Å²) in [6.07, 6.45) is 2.68. The molecule has 0 unspecified atom stereocenters. The maximum Gasteiger partial charge on any atom is 0.285 e. The van der Waals surface area contributed by atoms with Crippen LogP contribution in [0, 0.1) is 0 Å². The van der Waals surface area contributed by atoms with Gasteiger partial charge in [0, 0.05) is 6.54 Å². The first-order valence-corrected chi connectivity index (χ1v) is 9.90. The smallest absolute Gasteiger partial charge is 0.285 e. The minimum absolute atomic E-state index is 0.196. The maximum atomic E-state index is 12.6. The number of fused-ring (bicyclic) bond motifs is 1. The van der Waals surface area contributed by atoms with Crippen LogP contribution in [0.2, 0.25) is 0 Å². The standard InChI is InChI=1S/C18H18N2O2S2/c1-3-12-20-16-11-10-14(4-2)13-17(16)23-18(20)19-24(21,22)15-8-6-5-7-9-15/h3,5-11,13H,1,4,12H2,2H3/b19-18-. The third-order valence-corrected chi connectivity index (χ3v) is 6.14. The Hall–Kier alpha value is -2.18. The number of nitrogens with zero attached hydrogens (tertiary/aromatic N) is 2. The summed E-state index contributed by atoms with van der Waals surface area (Å²) in [6.45, 7) is 6.37. The molecular formula is C18H18N2O2S2. The van der Waals surface area contributed by atoms with Gasteiger partial charge in [0.1, 0.15) is 0 Å². The molecule has 0 N–H and O–H groups in total. The molecule has 2 aromatic carbocycles. The average molecular weight is 358 g/mol. The van der Waals surface area contributed by atoms with Crippen molar-refractivity contribution in [3.63, 3.8) is 0 Å². The van der Waals surface area contributed by atoms with Gasteiger partial charge in [-0.15, -0.1) is 11.0 Å². The zero-order valence-electron chi connectivity index (χ0n) is 13.3. The van der Waals surface area contributed by atoms with Crippen molar-refractivity contribution in [1.29, 1.82) is 0 Å². The predicted octanol–water partition coefficient (Wildman–Crippen LogP) is 3.74. The molecule has 3 rings (SSSR count). The molecule has 1 aromatic heterocycles. The molecule has 0 fully saturated rings. The fraction of sp³-hybridized carbons (Fsp3) is 0.167. The first-order chi connectivity index (χ1) is 11.5. The summed E-state index contributed by atoms with van der Waals surface area (Å²) in [7, 11) is -3.74. The SMILES string of the molecule is C=CCn1/c(=N/S(=O)(=O)c2ccccc2)sc2cc(CC)ccc21. The number of allylic oxidation sites excluding steroid dienone is 1. The highest BCUT2D eigenvalue weighted by molar-refractivity contribution is 7.90. The maximum absolute atomic E-state index is 12.6. The van der Waals surface area contributed by atoms with Crippen LogP contribution in [-0.4, -0.2) is 13.0 Å². The van der Waals surface area contributed by atoms with Crippen LogP contribution in [-0.2, 0) is 23.0 Å². The van der Waals surface area contributed by atoms with Crippen LogP contribution in [0.5, 0.6) is 0 Å². The van der Waals surface area contributed by atoms with E-state index in [-0.39, 0.29) is 4.90 Å². The zero-order valence-corrected chi connectivity index (χ0v) is 15.0. The van der Waals surface area contributed by atoms with Gasteiger partial charge in [-0.05, 0) is 36.2 Å². The van der Waals surface area contributed by atoms with Gasteiger partial charge in [0.2, 0.25) is 4.80 Å². The van der Waals surface area contributed by atoms with E-state index in [1.807, 2.05) is 10.6 Å². The Morgan fingerprint density at radius 1 is 1.21 bits per heavy atom. The lowest BCUT2D eigenvalue weighted by molar-refractivity contribution is 0.596. The second-order valence-corrected chi connectivity index (χ2v) is 7.93. The summed E-state index contributed by atoms with van der Waals surface area (Å²) >= 11 is 1.38. The number of benzene rings is 2. The van der Waals surface area contributed by atoms with Crippen LogP contribution >= 0.6 is 11.3 Å². The first kappa shape index (κ1) is 16.7. The Bertz CT molecular complexity index is 1050. The van der Waals surface area contributed by atoms with Crippen LogP contribution < -0.4 is 4.80 Å². The van der Waals surface area contributed by atoms with E-state index in [0.29, 0.717) is 11.3 Å². The molecule has 0 radical (unpaired) electrons. The normalized spacial score (nSPS) is 12.6. The highest BCUT2D eigenvalue weighted by Crippen LogP contribution is 2.20. The van der Waals surface area contributed by atoms with E-state index in [1.54, 1.807) is 36.4 Å². The highest BCUT2D eigenvalue weighted by Gasteiger charge is 2.14. The third kappa shape index (κ3) is 3.20. The van der Waals surface area contributed by atoms with Crippen molar-refractivity contribution in [2.24, 2.45) is 4.40 Å². The molecule has 0 bridgehead atoms. The molecule has 0 aliphatic rings. The van der Waals surface area contributed by atoms with Gasteiger partial charge in [0.05, 0.1) is 15.1 Å². The molecule has 0 spiro atoms. The van der Waals surface area contributed by atoms with Gasteiger partial charge in [0.25, 0.3) is 10.0 Å². The molecule has 4 nitrogen and oxygen atoms in total. The fourth-order valence-electron chi connectivity index (χ4n) is 2.46. The molecule has 0 aliphatic heterocycles. The number of thiazole rings is 1. The number of aromatic nitrogens is 1. The van der Waals surface area contributed by atoms with Gasteiger partial charge in [-0.1, -0.05) is 48.6 Å². The fourth-order valence-corrected chi connectivity index (χ4v) is 4.79. The van der Waals surface area contributed by atoms with Crippen molar-refractivity contribution >= 4 is 31.6 Å². The van der Waals surface area contributed by atoms with Crippen molar-refractivity contribution in [3.8, 4) is 0 Å². The Kier molecular flexibility index (Phi) is 4.69. The second-order valence-electron chi connectivity index (χ2n) is 5.32. The van der Waals surface area contributed by atoms with Crippen LogP contribution in [0.3, 0.4) is 0 Å². The average Bonchev–Trinajstić information content (AvgIpc) is 2.92. The number of hydrogen-bond donors (Lipinski definition) is 0. The van der Waals surface area contributed by atoms with E-state index >= 15 is 0 Å². The predicted molar refractivity (Wildman–Crippen MR) is 98.6 cm³/mol. The molecule has 0 atom stereocenters. The van der Waals surface area contributed by atoms with E-state index < -0.39 is 10.0 Å². The summed E-state index contributed by atoms with van der Waals surface area (Å²) in [5, 5.41) is 0. The molecule has 0 saturated heterocycles. The van der Waals surface area contributed by atoms with Crippen molar-refractivity contribution in [2.45, 2.75) is 24.8 Å². The molecule has 24 heavy (non-hydrogen) atoms. The Balaban J connectivity index is 2.24. The number of rotatable bonds is 5. The van der Waals surface area contributed by atoms with Crippen molar-refractivity contribution in [1.82, 2.24) is 4.57 Å². The second kappa shape index (κ2) is 6.75. The topological polar surface area (TPSA) is 51.4 Å². The summed E-state index contributed by atoms with van der Waals surface area (Å²) in [4.78, 5) is 0.656. The Labute approximate surface area is 145 Å². The van der Waals surface area contributed by atoms with Gasteiger partial charge in [-0.3, -0.25) is 0 Å². The van der Waals surface area contributed by atoms with Crippen LogP contribution in [0.15, 0.2) is 70.5 Å². The van der Waals surface area contributed by atoms with Crippen molar-refractivity contribution in [2.75, 3.05) is 0 Å². The summed E-state index contributed by atoms with van der Waals surface area (Å²) in [5.74, 6) is 0. The molecule has 0 amide bonds. The van der Waals surface area contributed by atoms with Gasteiger partial charge in [-0.25, -0.2) is 0 Å². The quantitative estimate of drug-likeness (QED) is 0.652. The van der Waals surface area contributed by atoms with Crippen LogP contribution in [0.4, 0.5) is 0 Å². The van der Waals surface area contributed by atoms with Crippen molar-refractivity contribution in [3.05, 3.63) is 71.6 Å². The Morgan fingerprint density at radius 3 is 2.62 bits per heavy atom. The summed E-state index contributed by atoms with van der Waals surface area (Å²) < 4.78 is 32.1. The molecule has 1 heterocycles. The van der Waals surface area contributed by atoms with Gasteiger partial charge < -0.3 is 4.57 Å². The molecular weight excluding hydrogens is 340 g/mol. The number of sulfonamides is 1. The molecule has 3 aromatic rings. The lowest BCUT2D eigenvalue weighted by Crippen LogP contribution is -2.16. The lowest BCUT2D eigenvalue weighted by Gasteiger charge is -2.02. The van der Waals surface area contributed by atoms with Crippen molar-refractivity contribution < 1.29 is 8.42 Å². The minimum atomic E-state index is -3.74.